The fraction of sp³-hybridized carbons (Fsp3) is 0.0667. The minimum Gasteiger partial charge on any atom is -0.478 e. The normalized spacial score (nSPS) is 12.4. The summed E-state index contributed by atoms with van der Waals surface area (Å²) in [4.78, 5) is 15.3. The summed E-state index contributed by atoms with van der Waals surface area (Å²) in [6.07, 6.45) is 6.44. The van der Waals surface area contributed by atoms with Gasteiger partial charge in [-0.15, -0.1) is 0 Å². The lowest BCUT2D eigenvalue weighted by Gasteiger charge is -2.06. The molecule has 1 aromatic carbocycles. The third-order valence-electron chi connectivity index (χ3n) is 3.12. The maximum Gasteiger partial charge on any atom is 0.335 e. The topological polar surface area (TPSA) is 50.2 Å². The number of fused-ring (bicyclic) bond motifs is 2. The molecule has 1 heterocycles. The standard InChI is InChI=1S/C15H11NO2/c17-15(18)12-4-3-10-5-6-14-11(2-1-7-16-14)8-13(10)9-12/h1-7,9H,8H2,(H,17,18). The Morgan fingerprint density at radius 2 is 2.06 bits per heavy atom. The summed E-state index contributed by atoms with van der Waals surface area (Å²) in [5.74, 6) is -0.891. The van der Waals surface area contributed by atoms with E-state index in [1.54, 1.807) is 18.3 Å². The van der Waals surface area contributed by atoms with E-state index in [4.69, 9.17) is 5.11 Å². The zero-order valence-electron chi connectivity index (χ0n) is 9.63. The summed E-state index contributed by atoms with van der Waals surface area (Å²) >= 11 is 0. The van der Waals surface area contributed by atoms with E-state index in [2.05, 4.69) is 4.98 Å². The largest absolute Gasteiger partial charge is 0.478 e. The molecule has 18 heavy (non-hydrogen) atoms. The molecule has 88 valence electrons. The zero-order valence-corrected chi connectivity index (χ0v) is 9.63. The van der Waals surface area contributed by atoms with Crippen LogP contribution in [-0.2, 0) is 6.42 Å². The minimum atomic E-state index is -0.891. The number of hydrogen-bond acceptors (Lipinski definition) is 2. The van der Waals surface area contributed by atoms with Crippen LogP contribution in [0.1, 0.15) is 32.7 Å². The van der Waals surface area contributed by atoms with Gasteiger partial charge >= 0.3 is 5.97 Å². The molecule has 0 aliphatic heterocycles. The number of hydrogen-bond donors (Lipinski definition) is 1. The van der Waals surface area contributed by atoms with Gasteiger partial charge in [-0.3, -0.25) is 4.98 Å². The summed E-state index contributed by atoms with van der Waals surface area (Å²) in [6, 6.07) is 9.15. The molecular formula is C15H11NO2. The Morgan fingerprint density at radius 3 is 2.89 bits per heavy atom. The van der Waals surface area contributed by atoms with Crippen LogP contribution in [0.25, 0.3) is 12.2 Å². The Hall–Kier alpha value is -2.42. The molecular weight excluding hydrogens is 226 g/mol. The van der Waals surface area contributed by atoms with Crippen LogP contribution in [0.5, 0.6) is 0 Å². The summed E-state index contributed by atoms with van der Waals surface area (Å²) in [5, 5.41) is 9.02. The predicted octanol–water partition coefficient (Wildman–Crippen LogP) is 2.85. The molecule has 1 N–H and O–H groups in total. The smallest absolute Gasteiger partial charge is 0.335 e. The van der Waals surface area contributed by atoms with Crippen molar-refractivity contribution in [1.82, 2.24) is 4.98 Å². The molecule has 2 aromatic rings. The number of aromatic carboxylic acids is 1. The van der Waals surface area contributed by atoms with Gasteiger partial charge in [-0.1, -0.05) is 18.2 Å². The van der Waals surface area contributed by atoms with Gasteiger partial charge in [0.2, 0.25) is 0 Å². The molecule has 0 atom stereocenters. The second-order valence-electron chi connectivity index (χ2n) is 4.28. The molecule has 0 unspecified atom stereocenters. The van der Waals surface area contributed by atoms with Crippen LogP contribution < -0.4 is 0 Å². The van der Waals surface area contributed by atoms with Crippen molar-refractivity contribution in [3.05, 3.63) is 64.5 Å². The highest BCUT2D eigenvalue weighted by atomic mass is 16.4. The van der Waals surface area contributed by atoms with Crippen molar-refractivity contribution >= 4 is 18.1 Å². The van der Waals surface area contributed by atoms with Crippen LogP contribution in [-0.4, -0.2) is 16.1 Å². The molecule has 3 nitrogen and oxygen atoms in total. The van der Waals surface area contributed by atoms with Gasteiger partial charge in [0.25, 0.3) is 0 Å². The summed E-state index contributed by atoms with van der Waals surface area (Å²) in [6.45, 7) is 0. The van der Waals surface area contributed by atoms with Crippen LogP contribution in [0, 0.1) is 0 Å². The molecule has 0 radical (unpaired) electrons. The molecule has 1 aromatic heterocycles. The van der Waals surface area contributed by atoms with Gasteiger partial charge in [0, 0.05) is 12.6 Å². The average Bonchev–Trinajstić information content (AvgIpc) is 2.56. The van der Waals surface area contributed by atoms with Crippen molar-refractivity contribution in [2.24, 2.45) is 0 Å². The van der Waals surface area contributed by atoms with Crippen molar-refractivity contribution in [2.45, 2.75) is 6.42 Å². The monoisotopic (exact) mass is 237 g/mol. The number of nitrogens with zero attached hydrogens (tertiary/aromatic N) is 1. The second kappa shape index (κ2) is 4.11. The number of carbonyl (C=O) groups is 1. The number of carboxylic acid groups (broad SMARTS) is 1. The number of aromatic nitrogens is 1. The van der Waals surface area contributed by atoms with Crippen LogP contribution in [0.15, 0.2) is 36.5 Å². The number of rotatable bonds is 1. The Kier molecular flexibility index (Phi) is 2.45. The van der Waals surface area contributed by atoms with E-state index in [-0.39, 0.29) is 0 Å². The van der Waals surface area contributed by atoms with E-state index in [0.717, 1.165) is 22.4 Å². The van der Waals surface area contributed by atoms with Crippen molar-refractivity contribution < 1.29 is 9.90 Å². The highest BCUT2D eigenvalue weighted by Crippen LogP contribution is 2.24. The molecule has 0 saturated carbocycles. The van der Waals surface area contributed by atoms with Crippen LogP contribution >= 0.6 is 0 Å². The highest BCUT2D eigenvalue weighted by molar-refractivity contribution is 5.89. The van der Waals surface area contributed by atoms with Crippen LogP contribution in [0.3, 0.4) is 0 Å². The number of carboxylic acids is 1. The summed E-state index contributed by atoms with van der Waals surface area (Å²) < 4.78 is 0. The summed E-state index contributed by atoms with van der Waals surface area (Å²) in [7, 11) is 0. The Labute approximate surface area is 104 Å². The SMILES string of the molecule is O=C(O)c1ccc2c(c1)Cc1cccnc1C=C2. The fourth-order valence-corrected chi connectivity index (χ4v) is 2.18. The van der Waals surface area contributed by atoms with E-state index in [1.165, 1.54) is 0 Å². The molecule has 1 aliphatic rings. The highest BCUT2D eigenvalue weighted by Gasteiger charge is 2.12. The summed E-state index contributed by atoms with van der Waals surface area (Å²) in [5.41, 5.74) is 4.48. The predicted molar refractivity (Wildman–Crippen MR) is 69.4 cm³/mol. The van der Waals surface area contributed by atoms with Crippen molar-refractivity contribution in [3.63, 3.8) is 0 Å². The third kappa shape index (κ3) is 1.80. The van der Waals surface area contributed by atoms with Gasteiger partial charge in [-0.25, -0.2) is 4.79 Å². The van der Waals surface area contributed by atoms with Crippen molar-refractivity contribution in [3.8, 4) is 0 Å². The maximum atomic E-state index is 11.0. The van der Waals surface area contributed by atoms with E-state index in [9.17, 15) is 4.79 Å². The average molecular weight is 237 g/mol. The van der Waals surface area contributed by atoms with Gasteiger partial charge in [-0.2, -0.15) is 0 Å². The molecule has 0 fully saturated rings. The van der Waals surface area contributed by atoms with E-state index in [1.807, 2.05) is 30.4 Å². The lowest BCUT2D eigenvalue weighted by molar-refractivity contribution is 0.0697. The van der Waals surface area contributed by atoms with Gasteiger partial charge in [0.1, 0.15) is 0 Å². The van der Waals surface area contributed by atoms with Gasteiger partial charge in [0.05, 0.1) is 11.3 Å². The van der Waals surface area contributed by atoms with Crippen molar-refractivity contribution in [2.75, 3.05) is 0 Å². The molecule has 0 bridgehead atoms. The van der Waals surface area contributed by atoms with Crippen LogP contribution in [0.4, 0.5) is 0 Å². The third-order valence-corrected chi connectivity index (χ3v) is 3.12. The lowest BCUT2D eigenvalue weighted by atomic mass is 9.99. The van der Waals surface area contributed by atoms with Gasteiger partial charge in [0.15, 0.2) is 0 Å². The molecule has 0 spiro atoms. The molecule has 0 saturated heterocycles. The Bertz CT molecular complexity index is 659. The van der Waals surface area contributed by atoms with E-state index >= 15 is 0 Å². The lowest BCUT2D eigenvalue weighted by Crippen LogP contribution is -2.00. The quantitative estimate of drug-likeness (QED) is 0.708. The Morgan fingerprint density at radius 1 is 1.17 bits per heavy atom. The van der Waals surface area contributed by atoms with E-state index in [0.29, 0.717) is 12.0 Å². The minimum absolute atomic E-state index is 0.328. The first-order valence-corrected chi connectivity index (χ1v) is 5.72. The maximum absolute atomic E-state index is 11.0. The first-order valence-electron chi connectivity index (χ1n) is 5.72. The van der Waals surface area contributed by atoms with Crippen molar-refractivity contribution in [1.29, 1.82) is 0 Å². The molecule has 3 heteroatoms. The molecule has 0 amide bonds. The fourth-order valence-electron chi connectivity index (χ4n) is 2.18. The first-order chi connectivity index (χ1) is 8.74. The van der Waals surface area contributed by atoms with E-state index < -0.39 is 5.97 Å². The zero-order chi connectivity index (χ0) is 12.5. The number of pyridine rings is 1. The van der Waals surface area contributed by atoms with Gasteiger partial charge in [-0.05, 0) is 41.0 Å². The molecule has 1 aliphatic carbocycles. The number of benzene rings is 1. The molecule has 3 rings (SSSR count). The van der Waals surface area contributed by atoms with Crippen LogP contribution in [0.2, 0.25) is 0 Å². The Balaban J connectivity index is 2.13. The van der Waals surface area contributed by atoms with Gasteiger partial charge < -0.3 is 5.11 Å². The first kappa shape index (κ1) is 10.7. The second-order valence-corrected chi connectivity index (χ2v) is 4.28.